The zero-order valence-electron chi connectivity index (χ0n) is 13.9. The lowest BCUT2D eigenvalue weighted by Crippen LogP contribution is -2.41. The molecule has 1 amide bonds. The average Bonchev–Trinajstić information content (AvgIpc) is 2.45. The van der Waals surface area contributed by atoms with Crippen molar-refractivity contribution in [3.05, 3.63) is 29.3 Å². The summed E-state index contributed by atoms with van der Waals surface area (Å²) < 4.78 is 0. The topological polar surface area (TPSA) is 44.1 Å². The van der Waals surface area contributed by atoms with Crippen LogP contribution in [0.3, 0.4) is 0 Å². The molecular formula is C18H26N2O. The minimum atomic E-state index is -0.893. The number of benzene rings is 1. The SMILES string of the molecule is CCCC(C#N)(CCC)C(=O)N(C)c1ccc(C)cc1C. The Hall–Kier alpha value is -1.82. The van der Waals surface area contributed by atoms with Gasteiger partial charge in [0.1, 0.15) is 5.41 Å². The Labute approximate surface area is 128 Å². The minimum absolute atomic E-state index is 0.0827. The molecule has 0 saturated heterocycles. The molecule has 0 spiro atoms. The van der Waals surface area contributed by atoms with Crippen LogP contribution in [0.2, 0.25) is 0 Å². The number of amides is 1. The summed E-state index contributed by atoms with van der Waals surface area (Å²) in [6, 6.07) is 8.33. The zero-order chi connectivity index (χ0) is 16.0. The number of nitriles is 1. The van der Waals surface area contributed by atoms with Gasteiger partial charge in [-0.15, -0.1) is 0 Å². The van der Waals surface area contributed by atoms with E-state index in [2.05, 4.69) is 12.1 Å². The van der Waals surface area contributed by atoms with E-state index < -0.39 is 5.41 Å². The number of rotatable bonds is 6. The van der Waals surface area contributed by atoms with Gasteiger partial charge in [0.2, 0.25) is 5.91 Å². The van der Waals surface area contributed by atoms with E-state index >= 15 is 0 Å². The van der Waals surface area contributed by atoms with Gasteiger partial charge in [-0.1, -0.05) is 44.4 Å². The third-order valence-electron chi connectivity index (χ3n) is 4.00. The highest BCUT2D eigenvalue weighted by atomic mass is 16.2. The quantitative estimate of drug-likeness (QED) is 0.779. The molecule has 114 valence electrons. The van der Waals surface area contributed by atoms with E-state index in [4.69, 9.17) is 0 Å². The molecule has 0 radical (unpaired) electrons. The first-order valence-corrected chi connectivity index (χ1v) is 7.68. The summed E-state index contributed by atoms with van der Waals surface area (Å²) in [4.78, 5) is 14.6. The fraction of sp³-hybridized carbons (Fsp3) is 0.556. The van der Waals surface area contributed by atoms with Gasteiger partial charge in [-0.3, -0.25) is 4.79 Å². The first-order chi connectivity index (χ1) is 9.91. The van der Waals surface area contributed by atoms with Gasteiger partial charge in [-0.05, 0) is 38.3 Å². The van der Waals surface area contributed by atoms with Gasteiger partial charge in [0, 0.05) is 12.7 Å². The van der Waals surface area contributed by atoms with Crippen LogP contribution in [0, 0.1) is 30.6 Å². The number of carbonyl (C=O) groups is 1. The van der Waals surface area contributed by atoms with Crippen molar-refractivity contribution in [2.24, 2.45) is 5.41 Å². The highest BCUT2D eigenvalue weighted by Gasteiger charge is 2.39. The molecule has 1 aromatic rings. The van der Waals surface area contributed by atoms with Crippen LogP contribution in [-0.4, -0.2) is 13.0 Å². The molecule has 0 aliphatic carbocycles. The van der Waals surface area contributed by atoms with E-state index in [1.807, 2.05) is 39.8 Å². The largest absolute Gasteiger partial charge is 0.314 e. The lowest BCUT2D eigenvalue weighted by atomic mass is 9.79. The van der Waals surface area contributed by atoms with Crippen LogP contribution in [-0.2, 0) is 4.79 Å². The van der Waals surface area contributed by atoms with Crippen molar-refractivity contribution in [2.45, 2.75) is 53.4 Å². The smallest absolute Gasteiger partial charge is 0.247 e. The summed E-state index contributed by atoms with van der Waals surface area (Å²) >= 11 is 0. The number of nitrogens with zero attached hydrogens (tertiary/aromatic N) is 2. The molecule has 0 bridgehead atoms. The van der Waals surface area contributed by atoms with Crippen LogP contribution >= 0.6 is 0 Å². The van der Waals surface area contributed by atoms with Gasteiger partial charge in [0.15, 0.2) is 0 Å². The van der Waals surface area contributed by atoms with E-state index in [1.165, 1.54) is 5.56 Å². The summed E-state index contributed by atoms with van der Waals surface area (Å²) in [5, 5.41) is 9.62. The predicted molar refractivity (Wildman–Crippen MR) is 87.2 cm³/mol. The summed E-state index contributed by atoms with van der Waals surface area (Å²) in [5.41, 5.74) is 2.23. The summed E-state index contributed by atoms with van der Waals surface area (Å²) in [7, 11) is 1.78. The number of hydrogen-bond donors (Lipinski definition) is 0. The molecule has 0 saturated carbocycles. The Morgan fingerprint density at radius 1 is 1.24 bits per heavy atom. The second-order valence-corrected chi connectivity index (χ2v) is 5.85. The average molecular weight is 286 g/mol. The first kappa shape index (κ1) is 17.2. The molecular weight excluding hydrogens is 260 g/mol. The Morgan fingerprint density at radius 3 is 2.24 bits per heavy atom. The molecule has 1 aromatic carbocycles. The Kier molecular flexibility index (Phi) is 5.96. The molecule has 3 nitrogen and oxygen atoms in total. The van der Waals surface area contributed by atoms with Crippen molar-refractivity contribution in [3.63, 3.8) is 0 Å². The fourth-order valence-electron chi connectivity index (χ4n) is 2.96. The lowest BCUT2D eigenvalue weighted by molar-refractivity contribution is -0.125. The first-order valence-electron chi connectivity index (χ1n) is 7.68. The number of carbonyl (C=O) groups excluding carboxylic acids is 1. The lowest BCUT2D eigenvalue weighted by Gasteiger charge is -2.30. The maximum absolute atomic E-state index is 12.9. The van der Waals surface area contributed by atoms with Crippen molar-refractivity contribution >= 4 is 11.6 Å². The predicted octanol–water partition coefficient (Wildman–Crippen LogP) is 4.38. The van der Waals surface area contributed by atoms with Crippen LogP contribution in [0.1, 0.15) is 50.7 Å². The summed E-state index contributed by atoms with van der Waals surface area (Å²) in [5.74, 6) is -0.0827. The molecule has 0 aliphatic heterocycles. The monoisotopic (exact) mass is 286 g/mol. The van der Waals surface area contributed by atoms with E-state index in [0.717, 1.165) is 24.1 Å². The Balaban J connectivity index is 3.16. The maximum atomic E-state index is 12.9. The second kappa shape index (κ2) is 7.26. The maximum Gasteiger partial charge on any atom is 0.247 e. The fourth-order valence-corrected chi connectivity index (χ4v) is 2.96. The van der Waals surface area contributed by atoms with E-state index in [9.17, 15) is 10.1 Å². The highest BCUT2D eigenvalue weighted by Crippen LogP contribution is 2.33. The van der Waals surface area contributed by atoms with Gasteiger partial charge in [0.05, 0.1) is 6.07 Å². The van der Waals surface area contributed by atoms with Gasteiger partial charge in [-0.2, -0.15) is 5.26 Å². The Bertz CT molecular complexity index is 537. The van der Waals surface area contributed by atoms with Crippen molar-refractivity contribution in [3.8, 4) is 6.07 Å². The zero-order valence-corrected chi connectivity index (χ0v) is 13.9. The third kappa shape index (κ3) is 3.64. The number of hydrogen-bond acceptors (Lipinski definition) is 2. The minimum Gasteiger partial charge on any atom is -0.314 e. The van der Waals surface area contributed by atoms with Crippen molar-refractivity contribution < 1.29 is 4.79 Å². The molecule has 0 heterocycles. The summed E-state index contributed by atoms with van der Waals surface area (Å²) in [6.45, 7) is 8.07. The van der Waals surface area contributed by atoms with Crippen molar-refractivity contribution in [1.29, 1.82) is 5.26 Å². The molecule has 3 heteroatoms. The van der Waals surface area contributed by atoms with Gasteiger partial charge >= 0.3 is 0 Å². The van der Waals surface area contributed by atoms with Crippen LogP contribution < -0.4 is 4.90 Å². The van der Waals surface area contributed by atoms with Crippen molar-refractivity contribution in [1.82, 2.24) is 0 Å². The molecule has 0 fully saturated rings. The van der Waals surface area contributed by atoms with Crippen molar-refractivity contribution in [2.75, 3.05) is 11.9 Å². The van der Waals surface area contributed by atoms with Crippen LogP contribution in [0.15, 0.2) is 18.2 Å². The molecule has 0 unspecified atom stereocenters. The van der Waals surface area contributed by atoms with Gasteiger partial charge in [0.25, 0.3) is 0 Å². The highest BCUT2D eigenvalue weighted by molar-refractivity contribution is 5.99. The second-order valence-electron chi connectivity index (χ2n) is 5.85. The Morgan fingerprint density at radius 2 is 1.81 bits per heavy atom. The van der Waals surface area contributed by atoms with Crippen LogP contribution in [0.5, 0.6) is 0 Å². The molecule has 21 heavy (non-hydrogen) atoms. The van der Waals surface area contributed by atoms with E-state index in [1.54, 1.807) is 11.9 Å². The standard InChI is InChI=1S/C18H26N2O/c1-6-10-18(13-19,11-7-2)17(21)20(5)16-9-8-14(3)12-15(16)4/h8-9,12H,6-7,10-11H2,1-5H3. The molecule has 0 aromatic heterocycles. The number of anilines is 1. The molecule has 0 atom stereocenters. The molecule has 1 rings (SSSR count). The third-order valence-corrected chi connectivity index (χ3v) is 4.00. The molecule has 0 aliphatic rings. The van der Waals surface area contributed by atoms with Crippen LogP contribution in [0.4, 0.5) is 5.69 Å². The van der Waals surface area contributed by atoms with Gasteiger partial charge < -0.3 is 4.90 Å². The van der Waals surface area contributed by atoms with E-state index in [0.29, 0.717) is 12.8 Å². The molecule has 0 N–H and O–H groups in total. The van der Waals surface area contributed by atoms with Crippen LogP contribution in [0.25, 0.3) is 0 Å². The number of aryl methyl sites for hydroxylation is 2. The van der Waals surface area contributed by atoms with Gasteiger partial charge in [-0.25, -0.2) is 0 Å². The van der Waals surface area contributed by atoms with E-state index in [-0.39, 0.29) is 5.91 Å². The summed E-state index contributed by atoms with van der Waals surface area (Å²) in [6.07, 6.45) is 2.90. The normalized spacial score (nSPS) is 11.0.